The molecule has 25 heavy (non-hydrogen) atoms. The fraction of sp³-hybridized carbons (Fsp3) is 0.263. The predicted octanol–water partition coefficient (Wildman–Crippen LogP) is 2.66. The van der Waals surface area contributed by atoms with Crippen LogP contribution in [-0.2, 0) is 11.3 Å². The zero-order chi connectivity index (χ0) is 17.6. The largest absolute Gasteiger partial charge is 0.550 e. The van der Waals surface area contributed by atoms with Crippen LogP contribution in [0.1, 0.15) is 12.0 Å². The summed E-state index contributed by atoms with van der Waals surface area (Å²) in [5, 5.41) is 11.6. The number of fused-ring (bicyclic) bond motifs is 1. The van der Waals surface area contributed by atoms with Crippen molar-refractivity contribution < 1.29 is 14.6 Å². The van der Waals surface area contributed by atoms with Crippen LogP contribution >= 0.6 is 11.8 Å². The number of aromatic nitrogens is 2. The molecule has 2 aromatic carbocycles. The van der Waals surface area contributed by atoms with E-state index < -0.39 is 5.97 Å². The Hall–Kier alpha value is -2.47. The van der Waals surface area contributed by atoms with Crippen LogP contribution < -0.4 is 9.84 Å². The van der Waals surface area contributed by atoms with Crippen LogP contribution in [0.5, 0.6) is 5.75 Å². The minimum Gasteiger partial charge on any atom is -0.550 e. The Morgan fingerprint density at radius 3 is 2.88 bits per heavy atom. The highest BCUT2D eigenvalue weighted by atomic mass is 32.2. The lowest BCUT2D eigenvalue weighted by Crippen LogP contribution is -2.23. The molecular formula is C19H19N2O3S-. The number of hydrogen-bond acceptors (Lipinski definition) is 5. The molecule has 6 heteroatoms. The number of thioether (sulfide) groups is 1. The number of benzene rings is 2. The van der Waals surface area contributed by atoms with E-state index in [1.54, 1.807) is 11.8 Å². The Morgan fingerprint density at radius 2 is 2.08 bits per heavy atom. The van der Waals surface area contributed by atoms with Crippen LogP contribution in [0.2, 0.25) is 0 Å². The number of aryl methyl sites for hydroxylation is 2. The average molecular weight is 355 g/mol. The van der Waals surface area contributed by atoms with E-state index in [2.05, 4.69) is 4.98 Å². The third kappa shape index (κ3) is 4.54. The lowest BCUT2D eigenvalue weighted by Gasteiger charge is -2.10. The van der Waals surface area contributed by atoms with Gasteiger partial charge in [-0.15, -0.1) is 0 Å². The fourth-order valence-corrected chi connectivity index (χ4v) is 3.44. The summed E-state index contributed by atoms with van der Waals surface area (Å²) in [6, 6.07) is 15.7. The molecule has 0 aliphatic heterocycles. The maximum absolute atomic E-state index is 10.8. The van der Waals surface area contributed by atoms with E-state index in [4.69, 9.17) is 4.74 Å². The Bertz CT molecular complexity index is 876. The Kier molecular flexibility index (Phi) is 5.60. The molecule has 0 unspecified atom stereocenters. The summed E-state index contributed by atoms with van der Waals surface area (Å²) in [6.07, 6.45) is -0.0340. The Morgan fingerprint density at radius 1 is 1.24 bits per heavy atom. The summed E-state index contributed by atoms with van der Waals surface area (Å²) in [6.45, 7) is 2.93. The highest BCUT2D eigenvalue weighted by molar-refractivity contribution is 7.99. The number of carboxylic acid groups (broad SMARTS) is 1. The third-order valence-electron chi connectivity index (χ3n) is 3.73. The number of imidazole rings is 1. The molecular weight excluding hydrogens is 336 g/mol. The van der Waals surface area contributed by atoms with Gasteiger partial charge in [0, 0.05) is 24.7 Å². The topological polar surface area (TPSA) is 67.2 Å². The van der Waals surface area contributed by atoms with Crippen LogP contribution in [0.3, 0.4) is 0 Å². The number of aliphatic carboxylic acids is 1. The molecule has 0 amide bonds. The van der Waals surface area contributed by atoms with Gasteiger partial charge in [0.15, 0.2) is 5.16 Å². The number of hydrogen-bond donors (Lipinski definition) is 0. The third-order valence-corrected chi connectivity index (χ3v) is 4.67. The highest BCUT2D eigenvalue weighted by Gasteiger charge is 2.10. The summed E-state index contributed by atoms with van der Waals surface area (Å²) < 4.78 is 7.69. The second-order valence-corrected chi connectivity index (χ2v) is 6.73. The molecule has 0 saturated carbocycles. The van der Waals surface area contributed by atoms with Crippen LogP contribution in [0.4, 0.5) is 0 Å². The van der Waals surface area contributed by atoms with E-state index in [9.17, 15) is 9.90 Å². The Balaban J connectivity index is 1.65. The number of carbonyl (C=O) groups is 1. The van der Waals surface area contributed by atoms with Gasteiger partial charge in [0.2, 0.25) is 0 Å². The normalized spacial score (nSPS) is 10.9. The van der Waals surface area contributed by atoms with Crippen molar-refractivity contribution in [1.82, 2.24) is 9.55 Å². The number of ether oxygens (including phenoxy) is 1. The van der Waals surface area contributed by atoms with Gasteiger partial charge < -0.3 is 19.2 Å². The maximum atomic E-state index is 10.8. The van der Waals surface area contributed by atoms with Gasteiger partial charge in [-0.05, 0) is 36.8 Å². The summed E-state index contributed by atoms with van der Waals surface area (Å²) >= 11 is 1.56. The standard InChI is InChI=1S/C19H20N2O3S/c1-14-5-4-6-15(13-14)24-11-12-25-19-20-16-7-2-3-8-17(16)21(19)10-9-18(22)23/h2-8,13H,9-12H2,1H3,(H,22,23)/p-1. The van der Waals surface area contributed by atoms with Crippen LogP contribution in [0.25, 0.3) is 11.0 Å². The molecule has 3 rings (SSSR count). The molecule has 0 saturated heterocycles. The van der Waals surface area contributed by atoms with E-state index in [0.717, 1.165) is 33.3 Å². The van der Waals surface area contributed by atoms with E-state index >= 15 is 0 Å². The minimum atomic E-state index is -1.06. The lowest BCUT2D eigenvalue weighted by molar-refractivity contribution is -0.305. The molecule has 1 heterocycles. The molecule has 0 aliphatic rings. The Labute approximate surface area is 150 Å². The average Bonchev–Trinajstić information content (AvgIpc) is 2.94. The van der Waals surface area contributed by atoms with Gasteiger partial charge in [-0.1, -0.05) is 36.0 Å². The van der Waals surface area contributed by atoms with Crippen molar-refractivity contribution in [1.29, 1.82) is 0 Å². The minimum absolute atomic E-state index is 0.0340. The van der Waals surface area contributed by atoms with E-state index in [-0.39, 0.29) is 6.42 Å². The lowest BCUT2D eigenvalue weighted by atomic mass is 10.2. The first kappa shape index (κ1) is 17.4. The molecule has 3 aromatic rings. The van der Waals surface area contributed by atoms with Crippen molar-refractivity contribution in [2.75, 3.05) is 12.4 Å². The van der Waals surface area contributed by atoms with Crippen molar-refractivity contribution >= 4 is 28.8 Å². The van der Waals surface area contributed by atoms with Crippen molar-refractivity contribution in [3.63, 3.8) is 0 Å². The maximum Gasteiger partial charge on any atom is 0.169 e. The number of carboxylic acids is 1. The molecule has 0 bridgehead atoms. The molecule has 0 aliphatic carbocycles. The van der Waals surface area contributed by atoms with Crippen molar-refractivity contribution in [2.45, 2.75) is 25.0 Å². The molecule has 130 valence electrons. The van der Waals surface area contributed by atoms with Crippen molar-refractivity contribution in [3.05, 3.63) is 54.1 Å². The quantitative estimate of drug-likeness (QED) is 0.459. The first-order chi connectivity index (χ1) is 12.1. The zero-order valence-electron chi connectivity index (χ0n) is 14.0. The monoisotopic (exact) mass is 355 g/mol. The highest BCUT2D eigenvalue weighted by Crippen LogP contribution is 2.24. The molecule has 1 aromatic heterocycles. The number of para-hydroxylation sites is 2. The molecule has 0 atom stereocenters. The number of nitrogens with zero attached hydrogens (tertiary/aromatic N) is 2. The molecule has 0 radical (unpaired) electrons. The zero-order valence-corrected chi connectivity index (χ0v) is 14.8. The predicted molar refractivity (Wildman–Crippen MR) is 96.8 cm³/mol. The van der Waals surface area contributed by atoms with Crippen molar-refractivity contribution in [3.8, 4) is 5.75 Å². The van der Waals surface area contributed by atoms with Gasteiger partial charge in [0.1, 0.15) is 5.75 Å². The molecule has 0 fully saturated rings. The van der Waals surface area contributed by atoms with Gasteiger partial charge in [0.25, 0.3) is 0 Å². The summed E-state index contributed by atoms with van der Waals surface area (Å²) in [7, 11) is 0. The van der Waals surface area contributed by atoms with Crippen LogP contribution in [-0.4, -0.2) is 27.9 Å². The number of carbonyl (C=O) groups excluding carboxylic acids is 1. The second kappa shape index (κ2) is 8.07. The van der Waals surface area contributed by atoms with E-state index in [1.165, 1.54) is 0 Å². The van der Waals surface area contributed by atoms with Gasteiger partial charge in [-0.2, -0.15) is 0 Å². The van der Waals surface area contributed by atoms with E-state index in [0.29, 0.717) is 13.2 Å². The smallest absolute Gasteiger partial charge is 0.169 e. The van der Waals surface area contributed by atoms with Crippen LogP contribution in [0, 0.1) is 6.92 Å². The van der Waals surface area contributed by atoms with Gasteiger partial charge in [-0.25, -0.2) is 4.98 Å². The molecule has 0 N–H and O–H groups in total. The fourth-order valence-electron chi connectivity index (χ4n) is 2.58. The SMILES string of the molecule is Cc1cccc(OCCSc2nc3ccccc3n2CCC(=O)[O-])c1. The van der Waals surface area contributed by atoms with Crippen LogP contribution in [0.15, 0.2) is 53.7 Å². The first-order valence-electron chi connectivity index (χ1n) is 8.11. The van der Waals surface area contributed by atoms with Crippen molar-refractivity contribution in [2.24, 2.45) is 0 Å². The second-order valence-electron chi connectivity index (χ2n) is 5.67. The van der Waals surface area contributed by atoms with E-state index in [1.807, 2.05) is 60.0 Å². The summed E-state index contributed by atoms with van der Waals surface area (Å²) in [4.78, 5) is 15.4. The molecule has 5 nitrogen and oxygen atoms in total. The van der Waals surface area contributed by atoms with Gasteiger partial charge in [-0.3, -0.25) is 0 Å². The number of rotatable bonds is 8. The molecule has 0 spiro atoms. The first-order valence-corrected chi connectivity index (χ1v) is 9.09. The summed E-state index contributed by atoms with van der Waals surface area (Å²) in [5.74, 6) is 0.519. The van der Waals surface area contributed by atoms with Gasteiger partial charge >= 0.3 is 0 Å². The van der Waals surface area contributed by atoms with Gasteiger partial charge in [0.05, 0.1) is 17.6 Å². The summed E-state index contributed by atoms with van der Waals surface area (Å²) in [5.41, 5.74) is 2.96.